The molecule has 0 aliphatic heterocycles. The van der Waals surface area contributed by atoms with Crippen molar-refractivity contribution in [2.24, 2.45) is 0 Å². The Balaban J connectivity index is -0.000000153. The number of allylic oxidation sites excluding steroid dienone is 7. The Kier molecular flexibility index (Phi) is 33.8. The van der Waals surface area contributed by atoms with E-state index in [9.17, 15) is 0 Å². The van der Waals surface area contributed by atoms with E-state index in [2.05, 4.69) is 87.1 Å². The highest BCUT2D eigenvalue weighted by Gasteiger charge is 1.87. The summed E-state index contributed by atoms with van der Waals surface area (Å²) in [6.07, 6.45) is 18.2. The maximum absolute atomic E-state index is 3.79. The van der Waals surface area contributed by atoms with Gasteiger partial charge < -0.3 is 0 Å². The molecule has 0 aromatic rings. The van der Waals surface area contributed by atoms with Crippen molar-refractivity contribution >= 4 is 0 Å². The van der Waals surface area contributed by atoms with Gasteiger partial charge in [-0.05, 0) is 80.1 Å². The van der Waals surface area contributed by atoms with Gasteiger partial charge in [-0.2, -0.15) is 0 Å². The maximum atomic E-state index is 3.79. The third kappa shape index (κ3) is 45.7. The number of hydrogen-bond acceptors (Lipinski definition) is 0. The van der Waals surface area contributed by atoms with Crippen LogP contribution in [0.1, 0.15) is 128 Å². The molecule has 27 heavy (non-hydrogen) atoms. The molecule has 0 aromatic heterocycles. The normalized spacial score (nSPS) is 9.59. The first-order chi connectivity index (χ1) is 12.2. The Bertz CT molecular complexity index is 382. The molecule has 0 rings (SSSR count). The molecular weight excluding hydrogens is 324 g/mol. The van der Waals surface area contributed by atoms with Crippen molar-refractivity contribution in [3.8, 4) is 0 Å². The minimum Gasteiger partial charge on any atom is -0.100 e. The zero-order valence-corrected chi connectivity index (χ0v) is 19.8. The third-order valence-corrected chi connectivity index (χ3v) is 3.67. The highest BCUT2D eigenvalue weighted by Crippen LogP contribution is 2.08. The minimum atomic E-state index is 0. The third-order valence-electron chi connectivity index (χ3n) is 3.67. The van der Waals surface area contributed by atoms with Crippen molar-refractivity contribution in [3.05, 3.63) is 47.1 Å². The Labute approximate surface area is 174 Å². The molecule has 0 nitrogen and oxygen atoms in total. The van der Waals surface area contributed by atoms with Crippen LogP contribution >= 0.6 is 0 Å². The molecule has 0 heterocycles. The van der Waals surface area contributed by atoms with Crippen molar-refractivity contribution in [1.29, 1.82) is 0 Å². The van der Waals surface area contributed by atoms with E-state index in [1.807, 2.05) is 0 Å². The molecule has 0 saturated heterocycles. The largest absolute Gasteiger partial charge is 0.100 e. The average molecular weight is 379 g/mol. The smallest absolute Gasteiger partial charge is 0.0288 e. The van der Waals surface area contributed by atoms with Crippen LogP contribution in [0.4, 0.5) is 0 Å². The summed E-state index contributed by atoms with van der Waals surface area (Å²) in [6, 6.07) is 0. The molecule has 0 unspecified atom stereocenters. The summed E-state index contributed by atoms with van der Waals surface area (Å²) in [5.41, 5.74) is 5.70. The van der Waals surface area contributed by atoms with Gasteiger partial charge in [-0.25, -0.2) is 0 Å². The van der Waals surface area contributed by atoms with E-state index in [1.165, 1.54) is 80.1 Å². The average Bonchev–Trinajstić information content (AvgIpc) is 2.57. The monoisotopic (exact) mass is 378 g/mol. The van der Waals surface area contributed by atoms with Crippen LogP contribution in [0.15, 0.2) is 47.1 Å². The lowest BCUT2D eigenvalue weighted by atomic mass is 10.1. The van der Waals surface area contributed by atoms with Gasteiger partial charge in [0.15, 0.2) is 0 Å². The second-order valence-electron chi connectivity index (χ2n) is 7.79. The van der Waals surface area contributed by atoms with Gasteiger partial charge in [0.1, 0.15) is 0 Å². The van der Waals surface area contributed by atoms with Gasteiger partial charge in [-0.3, -0.25) is 0 Å². The Morgan fingerprint density at radius 1 is 0.630 bits per heavy atom. The summed E-state index contributed by atoms with van der Waals surface area (Å²) < 4.78 is 0. The molecule has 0 saturated carbocycles. The lowest BCUT2D eigenvalue weighted by Crippen LogP contribution is -1.77. The van der Waals surface area contributed by atoms with Crippen molar-refractivity contribution in [2.75, 3.05) is 0 Å². The molecule has 0 atom stereocenters. The second-order valence-corrected chi connectivity index (χ2v) is 7.79. The van der Waals surface area contributed by atoms with Gasteiger partial charge in [0, 0.05) is 0 Å². The molecule has 0 fully saturated rings. The van der Waals surface area contributed by atoms with E-state index in [4.69, 9.17) is 0 Å². The molecule has 0 heteroatoms. The van der Waals surface area contributed by atoms with Crippen molar-refractivity contribution in [1.82, 2.24) is 0 Å². The topological polar surface area (TPSA) is 0 Å². The molecule has 162 valence electrons. The zero-order valence-electron chi connectivity index (χ0n) is 19.8. The first-order valence-corrected chi connectivity index (χ1v) is 10.8. The van der Waals surface area contributed by atoms with Crippen LogP contribution in [-0.2, 0) is 0 Å². The lowest BCUT2D eigenvalue weighted by Gasteiger charge is -1.97. The van der Waals surface area contributed by atoms with Crippen molar-refractivity contribution < 1.29 is 0 Å². The summed E-state index contributed by atoms with van der Waals surface area (Å²) in [4.78, 5) is 0. The standard InChI is InChI=1S/C12H22.2C7H14.CH4/c1-5-6-9-12(4)10-7-8-11(2)3;2*1-4-5-6-7(2)3;/h8-9H,5-7,10H2,1-4H3;6H,4-5H2,1-3H3;2,4-6H2,1,3H3;1H4/b12-9+;;;. The highest BCUT2D eigenvalue weighted by atomic mass is 13.9. The van der Waals surface area contributed by atoms with Crippen LogP contribution in [0.3, 0.4) is 0 Å². The van der Waals surface area contributed by atoms with Crippen LogP contribution in [-0.4, -0.2) is 0 Å². The van der Waals surface area contributed by atoms with E-state index < -0.39 is 0 Å². The summed E-state index contributed by atoms with van der Waals surface area (Å²) in [6.45, 7) is 23.3. The number of unbranched alkanes of at least 4 members (excludes halogenated alkanes) is 3. The number of hydrogen-bond donors (Lipinski definition) is 0. The van der Waals surface area contributed by atoms with Crippen LogP contribution in [0.2, 0.25) is 0 Å². The summed E-state index contributed by atoms with van der Waals surface area (Å²) in [5.74, 6) is 0. The van der Waals surface area contributed by atoms with Crippen molar-refractivity contribution in [3.63, 3.8) is 0 Å². The molecule has 0 aliphatic rings. The fraction of sp³-hybridized carbons (Fsp3) is 0.704. The van der Waals surface area contributed by atoms with Gasteiger partial charge in [0.25, 0.3) is 0 Å². The number of rotatable bonds is 10. The van der Waals surface area contributed by atoms with Crippen molar-refractivity contribution in [2.45, 2.75) is 128 Å². The molecule has 0 bridgehead atoms. The zero-order chi connectivity index (χ0) is 20.8. The quantitative estimate of drug-likeness (QED) is 0.331. The Morgan fingerprint density at radius 2 is 1.07 bits per heavy atom. The van der Waals surface area contributed by atoms with E-state index in [0.29, 0.717) is 0 Å². The van der Waals surface area contributed by atoms with E-state index >= 15 is 0 Å². The fourth-order valence-corrected chi connectivity index (χ4v) is 1.99. The Morgan fingerprint density at radius 3 is 1.37 bits per heavy atom. The predicted octanol–water partition coefficient (Wildman–Crippen LogP) is 10.6. The fourth-order valence-electron chi connectivity index (χ4n) is 1.99. The second kappa shape index (κ2) is 27.2. The molecule has 0 N–H and O–H groups in total. The molecule has 0 aliphatic carbocycles. The predicted molar refractivity (Wildman–Crippen MR) is 133 cm³/mol. The van der Waals surface area contributed by atoms with Gasteiger partial charge >= 0.3 is 0 Å². The highest BCUT2D eigenvalue weighted by molar-refractivity contribution is 5.01. The molecule has 0 amide bonds. The molecular formula is C27H54. The summed E-state index contributed by atoms with van der Waals surface area (Å²) in [7, 11) is 0. The van der Waals surface area contributed by atoms with Gasteiger partial charge in [0.05, 0.1) is 0 Å². The van der Waals surface area contributed by atoms with E-state index in [0.717, 1.165) is 0 Å². The molecule has 0 radical (unpaired) electrons. The van der Waals surface area contributed by atoms with Crippen LogP contribution in [0, 0.1) is 0 Å². The van der Waals surface area contributed by atoms with Gasteiger partial charge in [0.2, 0.25) is 0 Å². The molecule has 0 spiro atoms. The van der Waals surface area contributed by atoms with Crippen LogP contribution in [0.25, 0.3) is 0 Å². The summed E-state index contributed by atoms with van der Waals surface area (Å²) in [5, 5.41) is 0. The Hall–Kier alpha value is -1.04. The maximum Gasteiger partial charge on any atom is -0.0288 e. The first-order valence-electron chi connectivity index (χ1n) is 10.8. The van der Waals surface area contributed by atoms with E-state index in [-0.39, 0.29) is 7.43 Å². The lowest BCUT2D eigenvalue weighted by molar-refractivity contribution is 0.789. The van der Waals surface area contributed by atoms with Gasteiger partial charge in [-0.15, -0.1) is 6.58 Å². The van der Waals surface area contributed by atoms with E-state index in [1.54, 1.807) is 0 Å². The minimum absolute atomic E-state index is 0. The first kappa shape index (κ1) is 33.5. The van der Waals surface area contributed by atoms with Gasteiger partial charge in [-0.1, -0.05) is 88.0 Å². The summed E-state index contributed by atoms with van der Waals surface area (Å²) >= 11 is 0. The SMILES string of the molecule is C.C=C(C)CCCC.CCC/C=C(\C)CCC=C(C)C.CCCC=C(C)C. The van der Waals surface area contributed by atoms with Crippen LogP contribution < -0.4 is 0 Å². The van der Waals surface area contributed by atoms with Crippen LogP contribution in [0.5, 0.6) is 0 Å². The molecule has 0 aromatic carbocycles.